The van der Waals surface area contributed by atoms with Crippen molar-refractivity contribution in [2.24, 2.45) is 0 Å². The van der Waals surface area contributed by atoms with Crippen LogP contribution >= 0.6 is 0 Å². The summed E-state index contributed by atoms with van der Waals surface area (Å²) in [5.74, 6) is -0.573. The summed E-state index contributed by atoms with van der Waals surface area (Å²) in [7, 11) is 0. The normalized spacial score (nSPS) is 10.2. The Morgan fingerprint density at radius 1 is 0.958 bits per heavy atom. The number of aryl methyl sites for hydroxylation is 1. The van der Waals surface area contributed by atoms with Gasteiger partial charge in [0.1, 0.15) is 19.0 Å². The fraction of sp³-hybridized carbons (Fsp3) is 0.222. The molecule has 0 aliphatic heterocycles. The van der Waals surface area contributed by atoms with Crippen LogP contribution in [-0.2, 0) is 14.3 Å². The van der Waals surface area contributed by atoms with Crippen LogP contribution in [0.5, 0.6) is 5.75 Å². The molecule has 0 spiro atoms. The van der Waals surface area contributed by atoms with Crippen LogP contribution in [0.2, 0.25) is 0 Å². The Labute approximate surface area is 140 Å². The number of nitrogen functional groups attached to an aromatic ring is 1. The molecule has 0 bridgehead atoms. The van der Waals surface area contributed by atoms with Crippen molar-refractivity contribution in [1.82, 2.24) is 0 Å². The second-order valence-electron chi connectivity index (χ2n) is 5.10. The molecule has 0 saturated carbocycles. The average Bonchev–Trinajstić information content (AvgIpc) is 2.57. The summed E-state index contributed by atoms with van der Waals surface area (Å²) in [6.45, 7) is 1.87. The summed E-state index contributed by atoms with van der Waals surface area (Å²) in [5.41, 5.74) is 7.66. The van der Waals surface area contributed by atoms with Crippen LogP contribution in [0, 0.1) is 6.92 Å². The lowest BCUT2D eigenvalue weighted by Gasteiger charge is -2.07. The first-order valence-electron chi connectivity index (χ1n) is 7.42. The molecule has 0 radical (unpaired) electrons. The van der Waals surface area contributed by atoms with Crippen molar-refractivity contribution in [1.29, 1.82) is 0 Å². The van der Waals surface area contributed by atoms with Crippen molar-refractivity contribution in [2.45, 2.75) is 6.92 Å². The van der Waals surface area contributed by atoms with Crippen LogP contribution < -0.4 is 10.5 Å². The molecule has 6 nitrogen and oxygen atoms in total. The fourth-order valence-electron chi connectivity index (χ4n) is 1.82. The molecule has 0 aliphatic carbocycles. The molecule has 126 valence electrons. The number of carbonyl (C=O) groups is 2. The molecule has 0 unspecified atom stereocenters. The van der Waals surface area contributed by atoms with Gasteiger partial charge in [-0.25, -0.2) is 9.59 Å². The molecule has 0 heterocycles. The van der Waals surface area contributed by atoms with Crippen LogP contribution in [0.3, 0.4) is 0 Å². The van der Waals surface area contributed by atoms with Gasteiger partial charge in [-0.05, 0) is 43.3 Å². The van der Waals surface area contributed by atoms with Gasteiger partial charge in [0.25, 0.3) is 0 Å². The van der Waals surface area contributed by atoms with Gasteiger partial charge in [0.2, 0.25) is 0 Å². The Kier molecular flexibility index (Phi) is 6.33. The van der Waals surface area contributed by atoms with E-state index in [0.29, 0.717) is 17.0 Å². The third-order valence-electron chi connectivity index (χ3n) is 3.08. The first-order chi connectivity index (χ1) is 11.5. The van der Waals surface area contributed by atoms with Crippen molar-refractivity contribution in [3.05, 3.63) is 59.7 Å². The Bertz CT molecular complexity index is 680. The SMILES string of the molecule is Cc1ccc(C(=O)OCCOCC(=O)Oc2ccc(N)cc2)cc1. The highest BCUT2D eigenvalue weighted by Crippen LogP contribution is 2.13. The van der Waals surface area contributed by atoms with E-state index >= 15 is 0 Å². The Balaban J connectivity index is 1.62. The molecule has 0 aromatic heterocycles. The molecule has 2 N–H and O–H groups in total. The minimum absolute atomic E-state index is 0.0574. The fourth-order valence-corrected chi connectivity index (χ4v) is 1.82. The molecule has 0 atom stereocenters. The quantitative estimate of drug-likeness (QED) is 0.363. The van der Waals surface area contributed by atoms with E-state index in [4.69, 9.17) is 19.9 Å². The number of ether oxygens (including phenoxy) is 3. The molecular weight excluding hydrogens is 310 g/mol. The van der Waals surface area contributed by atoms with Gasteiger partial charge in [-0.3, -0.25) is 0 Å². The number of hydrogen-bond donors (Lipinski definition) is 1. The van der Waals surface area contributed by atoms with Crippen molar-refractivity contribution >= 4 is 17.6 Å². The van der Waals surface area contributed by atoms with Gasteiger partial charge in [0.15, 0.2) is 0 Å². The highest BCUT2D eigenvalue weighted by molar-refractivity contribution is 5.89. The van der Waals surface area contributed by atoms with Gasteiger partial charge in [0.05, 0.1) is 12.2 Å². The topological polar surface area (TPSA) is 87.8 Å². The first-order valence-corrected chi connectivity index (χ1v) is 7.42. The molecule has 2 aromatic carbocycles. The highest BCUT2D eigenvalue weighted by atomic mass is 16.6. The molecular formula is C18H19NO5. The molecule has 24 heavy (non-hydrogen) atoms. The summed E-state index contributed by atoms with van der Waals surface area (Å²) in [5, 5.41) is 0. The number of hydrogen-bond acceptors (Lipinski definition) is 6. The van der Waals surface area contributed by atoms with Crippen molar-refractivity contribution < 1.29 is 23.8 Å². The summed E-state index contributed by atoms with van der Waals surface area (Å²) in [6.07, 6.45) is 0. The zero-order valence-corrected chi connectivity index (χ0v) is 13.4. The van der Waals surface area contributed by atoms with E-state index in [1.165, 1.54) is 0 Å². The lowest BCUT2D eigenvalue weighted by molar-refractivity contribution is -0.139. The molecule has 0 fully saturated rings. The van der Waals surface area contributed by atoms with Crippen LogP contribution in [-0.4, -0.2) is 31.8 Å². The number of anilines is 1. The second-order valence-corrected chi connectivity index (χ2v) is 5.10. The van der Waals surface area contributed by atoms with Crippen LogP contribution in [0.1, 0.15) is 15.9 Å². The van der Waals surface area contributed by atoms with Crippen LogP contribution in [0.4, 0.5) is 5.69 Å². The number of carbonyl (C=O) groups excluding carboxylic acids is 2. The van der Waals surface area contributed by atoms with E-state index in [2.05, 4.69) is 0 Å². The maximum Gasteiger partial charge on any atom is 0.338 e. The highest BCUT2D eigenvalue weighted by Gasteiger charge is 2.08. The minimum Gasteiger partial charge on any atom is -0.460 e. The maximum atomic E-state index is 11.7. The van der Waals surface area contributed by atoms with Gasteiger partial charge in [-0.2, -0.15) is 0 Å². The lowest BCUT2D eigenvalue weighted by Crippen LogP contribution is -2.18. The first kappa shape index (κ1) is 17.5. The third-order valence-corrected chi connectivity index (χ3v) is 3.08. The van der Waals surface area contributed by atoms with Crippen molar-refractivity contribution in [3.8, 4) is 5.75 Å². The van der Waals surface area contributed by atoms with Gasteiger partial charge in [0, 0.05) is 5.69 Å². The predicted molar refractivity (Wildman–Crippen MR) is 88.8 cm³/mol. The zero-order chi connectivity index (χ0) is 17.4. The molecule has 0 amide bonds. The van der Waals surface area contributed by atoms with Gasteiger partial charge < -0.3 is 19.9 Å². The number of benzene rings is 2. The van der Waals surface area contributed by atoms with E-state index in [-0.39, 0.29) is 19.8 Å². The van der Waals surface area contributed by atoms with Crippen molar-refractivity contribution in [2.75, 3.05) is 25.6 Å². The standard InChI is InChI=1S/C18H19NO5/c1-13-2-4-14(5-3-13)18(21)23-11-10-22-12-17(20)24-16-8-6-15(19)7-9-16/h2-9H,10-12,19H2,1H3. The summed E-state index contributed by atoms with van der Waals surface area (Å²) < 4.78 is 15.2. The minimum atomic E-state index is -0.537. The summed E-state index contributed by atoms with van der Waals surface area (Å²) in [6, 6.07) is 13.5. The van der Waals surface area contributed by atoms with Crippen LogP contribution in [0.15, 0.2) is 48.5 Å². The zero-order valence-electron chi connectivity index (χ0n) is 13.4. The largest absolute Gasteiger partial charge is 0.460 e. The number of esters is 2. The van der Waals surface area contributed by atoms with E-state index in [1.807, 2.05) is 19.1 Å². The Morgan fingerprint density at radius 2 is 1.62 bits per heavy atom. The molecule has 2 rings (SSSR count). The van der Waals surface area contributed by atoms with Gasteiger partial charge >= 0.3 is 11.9 Å². The van der Waals surface area contributed by atoms with E-state index in [9.17, 15) is 9.59 Å². The maximum absolute atomic E-state index is 11.7. The van der Waals surface area contributed by atoms with Gasteiger partial charge in [-0.1, -0.05) is 17.7 Å². The van der Waals surface area contributed by atoms with Crippen molar-refractivity contribution in [3.63, 3.8) is 0 Å². The summed E-state index contributed by atoms with van der Waals surface area (Å²) >= 11 is 0. The Hall–Kier alpha value is -2.86. The van der Waals surface area contributed by atoms with E-state index in [0.717, 1.165) is 5.56 Å². The average molecular weight is 329 g/mol. The third kappa shape index (κ3) is 5.73. The molecule has 0 saturated heterocycles. The number of nitrogens with two attached hydrogens (primary N) is 1. The van der Waals surface area contributed by atoms with E-state index in [1.54, 1.807) is 36.4 Å². The second kappa shape index (κ2) is 8.69. The summed E-state index contributed by atoms with van der Waals surface area (Å²) in [4.78, 5) is 23.3. The van der Waals surface area contributed by atoms with E-state index < -0.39 is 11.9 Å². The van der Waals surface area contributed by atoms with Crippen LogP contribution in [0.25, 0.3) is 0 Å². The predicted octanol–water partition coefficient (Wildman–Crippen LogP) is 2.36. The number of rotatable bonds is 7. The van der Waals surface area contributed by atoms with Gasteiger partial charge in [-0.15, -0.1) is 0 Å². The smallest absolute Gasteiger partial charge is 0.338 e. The lowest BCUT2D eigenvalue weighted by atomic mass is 10.1. The Morgan fingerprint density at radius 3 is 2.29 bits per heavy atom. The molecule has 2 aromatic rings. The monoisotopic (exact) mass is 329 g/mol. The molecule has 0 aliphatic rings. The molecule has 6 heteroatoms.